The molecule has 0 aliphatic rings. The van der Waals surface area contributed by atoms with Crippen LogP contribution in [0.5, 0.6) is 5.75 Å². The molecule has 2 N–H and O–H groups in total. The molecule has 4 nitrogen and oxygen atoms in total. The Balaban J connectivity index is 1.67. The number of hydrogen-bond acceptors (Lipinski definition) is 3. The lowest BCUT2D eigenvalue weighted by Gasteiger charge is -2.13. The Morgan fingerprint density at radius 3 is 2.46 bits per heavy atom. The number of ether oxygens (including phenoxy) is 1. The first-order chi connectivity index (χ1) is 11.8. The molecule has 24 heavy (non-hydrogen) atoms. The first kappa shape index (κ1) is 18.2. The highest BCUT2D eigenvalue weighted by molar-refractivity contribution is 7.99. The summed E-state index contributed by atoms with van der Waals surface area (Å²) in [6, 6.07) is 18.5. The summed E-state index contributed by atoms with van der Waals surface area (Å²) < 4.78 is 5.37. The molecule has 0 unspecified atom stereocenters. The Bertz CT molecular complexity index is 632. The van der Waals surface area contributed by atoms with Gasteiger partial charge in [0, 0.05) is 30.8 Å². The van der Waals surface area contributed by atoms with E-state index in [0.717, 1.165) is 37.0 Å². The molecule has 0 aromatic heterocycles. The summed E-state index contributed by atoms with van der Waals surface area (Å²) in [5.41, 5.74) is 1.20. The van der Waals surface area contributed by atoms with Crippen molar-refractivity contribution in [3.05, 3.63) is 60.2 Å². The van der Waals surface area contributed by atoms with Crippen LogP contribution in [0.4, 0.5) is 0 Å². The molecule has 2 aromatic rings. The van der Waals surface area contributed by atoms with E-state index in [4.69, 9.17) is 4.74 Å². The van der Waals surface area contributed by atoms with Crippen molar-refractivity contribution in [3.8, 4) is 5.75 Å². The van der Waals surface area contributed by atoms with E-state index in [-0.39, 0.29) is 0 Å². The van der Waals surface area contributed by atoms with Crippen LogP contribution >= 0.6 is 11.8 Å². The van der Waals surface area contributed by atoms with Crippen molar-refractivity contribution in [1.29, 1.82) is 0 Å². The van der Waals surface area contributed by atoms with Crippen LogP contribution in [0.2, 0.25) is 0 Å². The van der Waals surface area contributed by atoms with E-state index in [1.54, 1.807) is 14.2 Å². The van der Waals surface area contributed by atoms with Crippen molar-refractivity contribution in [3.63, 3.8) is 0 Å². The number of rotatable bonds is 8. The summed E-state index contributed by atoms with van der Waals surface area (Å²) in [6.07, 6.45) is 0.892. The lowest BCUT2D eigenvalue weighted by Crippen LogP contribution is -2.39. The summed E-state index contributed by atoms with van der Waals surface area (Å²) in [5, 5.41) is 6.68. The molecule has 0 bridgehead atoms. The zero-order valence-electron chi connectivity index (χ0n) is 14.3. The molecule has 0 aliphatic carbocycles. The highest BCUT2D eigenvalue weighted by atomic mass is 32.2. The highest BCUT2D eigenvalue weighted by Gasteiger charge is 2.02. The molecule has 0 spiro atoms. The van der Waals surface area contributed by atoms with Gasteiger partial charge in [-0.3, -0.25) is 4.99 Å². The Labute approximate surface area is 148 Å². The second kappa shape index (κ2) is 10.6. The van der Waals surface area contributed by atoms with Crippen LogP contribution in [0.3, 0.4) is 0 Å². The van der Waals surface area contributed by atoms with Gasteiger partial charge in [0.1, 0.15) is 5.75 Å². The Morgan fingerprint density at radius 2 is 1.71 bits per heavy atom. The number of nitrogens with zero attached hydrogens (tertiary/aromatic N) is 1. The topological polar surface area (TPSA) is 45.7 Å². The first-order valence-corrected chi connectivity index (χ1v) is 9.06. The number of thioether (sulfide) groups is 1. The first-order valence-electron chi connectivity index (χ1n) is 8.07. The van der Waals surface area contributed by atoms with Crippen LogP contribution in [-0.2, 0) is 6.42 Å². The van der Waals surface area contributed by atoms with Crippen molar-refractivity contribution in [2.75, 3.05) is 33.0 Å². The smallest absolute Gasteiger partial charge is 0.191 e. The second-order valence-electron chi connectivity index (χ2n) is 5.15. The molecule has 128 valence electrons. The van der Waals surface area contributed by atoms with Crippen LogP contribution in [0.1, 0.15) is 5.56 Å². The highest BCUT2D eigenvalue weighted by Crippen LogP contribution is 2.17. The van der Waals surface area contributed by atoms with Crippen molar-refractivity contribution >= 4 is 17.7 Å². The van der Waals surface area contributed by atoms with Crippen molar-refractivity contribution in [2.45, 2.75) is 11.3 Å². The van der Waals surface area contributed by atoms with Crippen molar-refractivity contribution < 1.29 is 4.74 Å². The molecule has 0 radical (unpaired) electrons. The lowest BCUT2D eigenvalue weighted by atomic mass is 10.1. The molecule has 0 heterocycles. The average Bonchev–Trinajstić information content (AvgIpc) is 2.65. The van der Waals surface area contributed by atoms with Gasteiger partial charge >= 0.3 is 0 Å². The van der Waals surface area contributed by atoms with E-state index in [0.29, 0.717) is 0 Å². The van der Waals surface area contributed by atoms with E-state index in [2.05, 4.69) is 46.0 Å². The molecule has 2 rings (SSSR count). The normalized spacial score (nSPS) is 11.2. The number of methoxy groups -OCH3 is 1. The fourth-order valence-electron chi connectivity index (χ4n) is 2.30. The van der Waals surface area contributed by atoms with E-state index < -0.39 is 0 Å². The molecule has 2 aromatic carbocycles. The number of aliphatic imine (C=N–C) groups is 1. The summed E-state index contributed by atoms with van der Waals surface area (Å²) >= 11 is 1.84. The minimum Gasteiger partial charge on any atom is -0.496 e. The quantitative estimate of drug-likeness (QED) is 0.334. The van der Waals surface area contributed by atoms with E-state index in [1.165, 1.54) is 10.5 Å². The summed E-state index contributed by atoms with van der Waals surface area (Å²) in [4.78, 5) is 5.55. The zero-order chi connectivity index (χ0) is 17.0. The number of benzene rings is 2. The van der Waals surface area contributed by atoms with E-state index >= 15 is 0 Å². The van der Waals surface area contributed by atoms with E-state index in [9.17, 15) is 0 Å². The second-order valence-corrected chi connectivity index (χ2v) is 6.32. The standard InChI is InChI=1S/C19H25N3OS/c1-20-19(22-14-15-24-17-9-4-3-5-10-17)21-13-12-16-8-6-7-11-18(16)23-2/h3-11H,12-15H2,1-2H3,(H2,20,21,22). The third kappa shape index (κ3) is 6.16. The third-order valence-electron chi connectivity index (χ3n) is 3.51. The maximum atomic E-state index is 5.37. The van der Waals surface area contributed by atoms with Gasteiger partial charge in [-0.1, -0.05) is 36.4 Å². The number of guanidine groups is 1. The van der Waals surface area contributed by atoms with Crippen LogP contribution < -0.4 is 15.4 Å². The predicted molar refractivity (Wildman–Crippen MR) is 103 cm³/mol. The minimum absolute atomic E-state index is 0.811. The lowest BCUT2D eigenvalue weighted by molar-refractivity contribution is 0.409. The van der Waals surface area contributed by atoms with Crippen LogP contribution in [0.15, 0.2) is 64.5 Å². The van der Waals surface area contributed by atoms with Gasteiger partial charge in [-0.05, 0) is 30.2 Å². The summed E-state index contributed by atoms with van der Waals surface area (Å²) in [5.74, 6) is 2.76. The number of hydrogen-bond donors (Lipinski definition) is 2. The van der Waals surface area contributed by atoms with Crippen LogP contribution in [-0.4, -0.2) is 39.0 Å². The van der Waals surface area contributed by atoms with Gasteiger partial charge < -0.3 is 15.4 Å². The van der Waals surface area contributed by atoms with Gasteiger partial charge in [-0.2, -0.15) is 0 Å². The number of para-hydroxylation sites is 1. The van der Waals surface area contributed by atoms with Gasteiger partial charge in [-0.25, -0.2) is 0 Å². The maximum absolute atomic E-state index is 5.37. The molecule has 5 heteroatoms. The number of nitrogens with one attached hydrogen (secondary N) is 2. The zero-order valence-corrected chi connectivity index (χ0v) is 15.1. The van der Waals surface area contributed by atoms with Gasteiger partial charge in [0.15, 0.2) is 5.96 Å². The van der Waals surface area contributed by atoms with Gasteiger partial charge in [0.05, 0.1) is 7.11 Å². The molecular formula is C19H25N3OS. The van der Waals surface area contributed by atoms with Crippen LogP contribution in [0, 0.1) is 0 Å². The fourth-order valence-corrected chi connectivity index (χ4v) is 3.09. The van der Waals surface area contributed by atoms with Gasteiger partial charge in [0.25, 0.3) is 0 Å². The van der Waals surface area contributed by atoms with Gasteiger partial charge in [-0.15, -0.1) is 11.8 Å². The monoisotopic (exact) mass is 343 g/mol. The van der Waals surface area contributed by atoms with Crippen molar-refractivity contribution in [2.24, 2.45) is 4.99 Å². The van der Waals surface area contributed by atoms with E-state index in [1.807, 2.05) is 36.0 Å². The maximum Gasteiger partial charge on any atom is 0.191 e. The SMILES string of the molecule is CN=C(NCCSc1ccccc1)NCCc1ccccc1OC. The molecule has 0 saturated carbocycles. The Hall–Kier alpha value is -2.14. The third-order valence-corrected chi connectivity index (χ3v) is 4.52. The predicted octanol–water partition coefficient (Wildman–Crippen LogP) is 3.20. The fraction of sp³-hybridized carbons (Fsp3) is 0.316. The Morgan fingerprint density at radius 1 is 1.00 bits per heavy atom. The molecular weight excluding hydrogens is 318 g/mol. The average molecular weight is 343 g/mol. The van der Waals surface area contributed by atoms with Crippen molar-refractivity contribution in [1.82, 2.24) is 10.6 Å². The molecule has 0 amide bonds. The minimum atomic E-state index is 0.811. The molecule has 0 fully saturated rings. The van der Waals surface area contributed by atoms with Gasteiger partial charge in [0.2, 0.25) is 0 Å². The van der Waals surface area contributed by atoms with Crippen LogP contribution in [0.25, 0.3) is 0 Å². The molecule has 0 atom stereocenters. The summed E-state index contributed by atoms with van der Waals surface area (Å²) in [7, 11) is 3.50. The Kier molecular flexibility index (Phi) is 8.04. The summed E-state index contributed by atoms with van der Waals surface area (Å²) in [6.45, 7) is 1.68. The largest absolute Gasteiger partial charge is 0.496 e. The molecule has 0 aliphatic heterocycles. The molecule has 0 saturated heterocycles.